The van der Waals surface area contributed by atoms with Gasteiger partial charge in [-0.2, -0.15) is 10.5 Å². The number of urea groups is 1. The van der Waals surface area contributed by atoms with Gasteiger partial charge < -0.3 is 38.5 Å². The average Bonchev–Trinajstić information content (AvgIpc) is 3.86. The second kappa shape index (κ2) is 23.5. The van der Waals surface area contributed by atoms with E-state index in [2.05, 4.69) is 43.0 Å². The summed E-state index contributed by atoms with van der Waals surface area (Å²) in [7, 11) is 3.12. The van der Waals surface area contributed by atoms with Crippen molar-refractivity contribution in [3.8, 4) is 52.4 Å². The van der Waals surface area contributed by atoms with E-state index in [0.717, 1.165) is 12.1 Å². The van der Waals surface area contributed by atoms with E-state index in [9.17, 15) is 28.9 Å². The summed E-state index contributed by atoms with van der Waals surface area (Å²) in [6.45, 7) is 1.32. The van der Waals surface area contributed by atoms with E-state index in [1.807, 2.05) is 0 Å². The Bertz CT molecular complexity index is 3170. The normalized spacial score (nSPS) is 10.5. The van der Waals surface area contributed by atoms with E-state index in [0.29, 0.717) is 80.0 Å². The standard InChI is InChI=1S/C26H20FN3O5.C23H18FN5O4S/c1-32-11-12-33-25-15-23-20(13-17(25)16-28)24(9-10-29-23)34-19-7-8-22(21(27)14-19)30-26(31)35-18-5-3-2-4-6-18;1-31-7-8-32-21-12-19-16(10-14(21)13-25)20(4-5-26-19)33-15-2-3-18(17(24)11-15)28-22(30)29-23-27-6-9-34-23/h2-10,13-15H,11-12H2,1H3,(H,30,31);2-6,9-12H,7-8H2,1H3,(H2,27,28,29,30). The number of amides is 3. The highest BCUT2D eigenvalue weighted by Gasteiger charge is 2.16. The molecule has 3 amide bonds. The van der Waals surface area contributed by atoms with Crippen LogP contribution in [0.3, 0.4) is 0 Å². The first kappa shape index (κ1) is 48.0. The van der Waals surface area contributed by atoms with Crippen LogP contribution in [0.15, 0.2) is 127 Å². The Morgan fingerprint density at radius 2 is 1.13 bits per heavy atom. The Morgan fingerprint density at radius 1 is 0.594 bits per heavy atom. The number of hydrogen-bond donors (Lipinski definition) is 3. The highest BCUT2D eigenvalue weighted by molar-refractivity contribution is 7.13. The van der Waals surface area contributed by atoms with Gasteiger partial charge in [-0.05, 0) is 60.7 Å². The van der Waals surface area contributed by atoms with Gasteiger partial charge in [0.1, 0.15) is 71.4 Å². The van der Waals surface area contributed by atoms with Crippen LogP contribution in [-0.2, 0) is 9.47 Å². The number of ether oxygens (including phenoxy) is 7. The molecule has 0 aliphatic heterocycles. The Morgan fingerprint density at radius 3 is 1.61 bits per heavy atom. The lowest BCUT2D eigenvalue weighted by Gasteiger charge is -2.13. The summed E-state index contributed by atoms with van der Waals surface area (Å²) in [6.07, 6.45) is 3.80. The molecular weight excluding hydrogens is 915 g/mol. The lowest BCUT2D eigenvalue weighted by atomic mass is 10.1. The number of carbonyl (C=O) groups excluding carboxylic acids is 2. The first-order valence-electron chi connectivity index (χ1n) is 20.5. The van der Waals surface area contributed by atoms with Crippen molar-refractivity contribution in [1.29, 1.82) is 10.5 Å². The SMILES string of the molecule is COCCOc1cc2nccc(Oc3ccc(NC(=O)Nc4nccs4)c(F)c3)c2cc1C#N.COCCOc1cc2nccc(Oc3ccc(NC(=O)Oc4ccccc4)c(F)c3)c2cc1C#N. The molecule has 20 heteroatoms. The number of nitriles is 2. The predicted molar refractivity (Wildman–Crippen MR) is 251 cm³/mol. The van der Waals surface area contributed by atoms with Crippen LogP contribution in [0.4, 0.5) is 34.9 Å². The third-order valence-electron chi connectivity index (χ3n) is 9.36. The highest BCUT2D eigenvalue weighted by atomic mass is 32.1. The van der Waals surface area contributed by atoms with Crippen molar-refractivity contribution in [2.24, 2.45) is 0 Å². The molecule has 8 rings (SSSR count). The minimum absolute atomic E-state index is 0.0226. The van der Waals surface area contributed by atoms with E-state index in [4.69, 9.17) is 33.2 Å². The minimum Gasteiger partial charge on any atom is -0.490 e. The van der Waals surface area contributed by atoms with Crippen LogP contribution < -0.4 is 39.6 Å². The molecule has 348 valence electrons. The third-order valence-corrected chi connectivity index (χ3v) is 10.1. The van der Waals surface area contributed by atoms with Gasteiger partial charge in [-0.15, -0.1) is 11.3 Å². The molecule has 0 aliphatic rings. The molecular formula is C49H38F2N8O9S. The molecule has 17 nitrogen and oxygen atoms in total. The van der Waals surface area contributed by atoms with Gasteiger partial charge in [0, 0.05) is 73.2 Å². The van der Waals surface area contributed by atoms with Crippen molar-refractivity contribution in [1.82, 2.24) is 15.0 Å². The van der Waals surface area contributed by atoms with E-state index >= 15 is 0 Å². The largest absolute Gasteiger partial charge is 0.490 e. The number of hydrogen-bond acceptors (Lipinski definition) is 15. The second-order valence-electron chi connectivity index (χ2n) is 14.0. The summed E-state index contributed by atoms with van der Waals surface area (Å²) >= 11 is 1.24. The zero-order valence-corrected chi connectivity index (χ0v) is 37.3. The Hall–Kier alpha value is -8.95. The van der Waals surface area contributed by atoms with Gasteiger partial charge in [0.15, 0.2) is 10.9 Å². The molecule has 0 aliphatic carbocycles. The number of aromatic nitrogens is 3. The molecule has 0 spiro atoms. The van der Waals surface area contributed by atoms with Gasteiger partial charge in [0.2, 0.25) is 0 Å². The second-order valence-corrected chi connectivity index (χ2v) is 14.9. The molecule has 0 fully saturated rings. The molecule has 0 unspecified atom stereocenters. The number of nitrogens with one attached hydrogen (secondary N) is 3. The first-order chi connectivity index (χ1) is 33.6. The molecule has 3 N–H and O–H groups in total. The number of para-hydroxylation sites is 1. The van der Waals surface area contributed by atoms with Crippen molar-refractivity contribution in [3.05, 3.63) is 150 Å². The van der Waals surface area contributed by atoms with Crippen LogP contribution in [-0.4, -0.2) is 67.7 Å². The van der Waals surface area contributed by atoms with Crippen LogP contribution in [0.2, 0.25) is 0 Å². The molecule has 0 atom stereocenters. The first-order valence-corrected chi connectivity index (χ1v) is 21.4. The molecule has 0 radical (unpaired) electrons. The average molecular weight is 953 g/mol. The lowest BCUT2D eigenvalue weighted by molar-refractivity contribution is 0.146. The molecule has 3 heterocycles. The van der Waals surface area contributed by atoms with Crippen LogP contribution in [0, 0.1) is 34.3 Å². The Labute approximate surface area is 396 Å². The maximum atomic E-state index is 14.7. The topological polar surface area (TPSA) is 221 Å². The zero-order chi connectivity index (χ0) is 48.5. The van der Waals surface area contributed by atoms with Crippen molar-refractivity contribution in [2.75, 3.05) is 56.6 Å². The van der Waals surface area contributed by atoms with Gasteiger partial charge in [-0.25, -0.2) is 23.4 Å². The van der Waals surface area contributed by atoms with Gasteiger partial charge in [-0.1, -0.05) is 18.2 Å². The van der Waals surface area contributed by atoms with E-state index in [1.165, 1.54) is 48.0 Å². The Balaban J connectivity index is 0.000000204. The van der Waals surface area contributed by atoms with E-state index in [-0.39, 0.29) is 36.1 Å². The number of carbonyl (C=O) groups is 2. The smallest absolute Gasteiger partial charge is 0.417 e. The number of nitrogens with zero attached hydrogens (tertiary/aromatic N) is 5. The number of pyridine rings is 2. The molecule has 0 saturated carbocycles. The summed E-state index contributed by atoms with van der Waals surface area (Å²) in [5, 5.41) is 29.6. The van der Waals surface area contributed by atoms with Crippen LogP contribution >= 0.6 is 11.3 Å². The monoisotopic (exact) mass is 952 g/mol. The third kappa shape index (κ3) is 12.9. The number of anilines is 3. The van der Waals surface area contributed by atoms with E-state index < -0.39 is 23.8 Å². The quantitative estimate of drug-likeness (QED) is 0.0767. The lowest BCUT2D eigenvalue weighted by Crippen LogP contribution is -2.19. The number of rotatable bonds is 16. The predicted octanol–water partition coefficient (Wildman–Crippen LogP) is 10.8. The molecule has 0 saturated heterocycles. The number of halogens is 2. The number of thiazole rings is 1. The Kier molecular flexibility index (Phi) is 16.3. The van der Waals surface area contributed by atoms with Gasteiger partial charge in [0.05, 0.1) is 46.7 Å². The highest BCUT2D eigenvalue weighted by Crippen LogP contribution is 2.36. The van der Waals surface area contributed by atoms with Gasteiger partial charge in [0.25, 0.3) is 0 Å². The molecule has 5 aromatic carbocycles. The fourth-order valence-electron chi connectivity index (χ4n) is 6.20. The summed E-state index contributed by atoms with van der Waals surface area (Å²) in [6, 6.07) is 29.8. The van der Waals surface area contributed by atoms with Crippen molar-refractivity contribution >= 4 is 61.8 Å². The maximum Gasteiger partial charge on any atom is 0.417 e. The van der Waals surface area contributed by atoms with Crippen molar-refractivity contribution in [3.63, 3.8) is 0 Å². The van der Waals surface area contributed by atoms with Crippen molar-refractivity contribution < 1.29 is 51.5 Å². The number of fused-ring (bicyclic) bond motifs is 2. The maximum absolute atomic E-state index is 14.7. The van der Waals surface area contributed by atoms with Gasteiger partial charge in [-0.3, -0.25) is 20.6 Å². The fourth-order valence-corrected chi connectivity index (χ4v) is 6.72. The van der Waals surface area contributed by atoms with Gasteiger partial charge >= 0.3 is 12.1 Å². The van der Waals surface area contributed by atoms with E-state index in [1.54, 1.807) is 92.5 Å². The zero-order valence-electron chi connectivity index (χ0n) is 36.5. The summed E-state index contributed by atoms with van der Waals surface area (Å²) < 4.78 is 67.3. The fraction of sp³-hybridized carbons (Fsp3) is 0.122. The minimum atomic E-state index is -0.823. The molecule has 0 bridgehead atoms. The van der Waals surface area contributed by atoms with Crippen LogP contribution in [0.5, 0.6) is 40.2 Å². The molecule has 3 aromatic heterocycles. The van der Waals surface area contributed by atoms with Crippen molar-refractivity contribution in [2.45, 2.75) is 0 Å². The molecule has 69 heavy (non-hydrogen) atoms. The number of methoxy groups -OCH3 is 2. The summed E-state index contributed by atoms with van der Waals surface area (Å²) in [4.78, 5) is 36.6. The molecule has 8 aromatic rings. The summed E-state index contributed by atoms with van der Waals surface area (Å²) in [5.74, 6) is 0.851. The van der Waals surface area contributed by atoms with Crippen LogP contribution in [0.25, 0.3) is 21.8 Å². The van der Waals surface area contributed by atoms with Crippen LogP contribution in [0.1, 0.15) is 11.1 Å². The summed E-state index contributed by atoms with van der Waals surface area (Å²) in [5.41, 5.74) is 1.60. The number of benzene rings is 5.